The number of anilines is 3. The Bertz CT molecular complexity index is 1530. The number of ether oxygens (including phenoxy) is 1. The van der Waals surface area contributed by atoms with E-state index in [0.29, 0.717) is 28.2 Å². The molecule has 3 aromatic rings. The Labute approximate surface area is 243 Å². The number of nitrogens with zero attached hydrogens (tertiary/aromatic N) is 2. The molecule has 220 valence electrons. The molecule has 3 aromatic carbocycles. The normalized spacial score (nSPS) is 23.3. The van der Waals surface area contributed by atoms with Crippen LogP contribution in [0.5, 0.6) is 0 Å². The molecule has 4 N–H and O–H groups in total. The van der Waals surface area contributed by atoms with Gasteiger partial charge in [-0.25, -0.2) is 0 Å². The van der Waals surface area contributed by atoms with E-state index in [2.05, 4.69) is 5.32 Å². The minimum atomic E-state index is -3.39. The van der Waals surface area contributed by atoms with Crippen LogP contribution >= 0.6 is 0 Å². The van der Waals surface area contributed by atoms with Gasteiger partial charge < -0.3 is 29.9 Å². The predicted molar refractivity (Wildman–Crippen MR) is 159 cm³/mol. The second-order valence-electron chi connectivity index (χ2n) is 11.4. The minimum Gasteiger partial charge on any atom is -0.399 e. The Hall–Kier alpha value is -4.13. The van der Waals surface area contributed by atoms with Crippen LogP contribution < -0.4 is 16.0 Å². The van der Waals surface area contributed by atoms with Crippen LogP contribution in [0, 0.1) is 16.0 Å². The second kappa shape index (κ2) is 10.9. The van der Waals surface area contributed by atoms with Crippen molar-refractivity contribution in [2.24, 2.45) is 5.92 Å². The van der Waals surface area contributed by atoms with Gasteiger partial charge in [0.05, 0.1) is 23.3 Å². The highest BCUT2D eigenvalue weighted by Gasteiger charge is 2.66. The van der Waals surface area contributed by atoms with Gasteiger partial charge in [-0.3, -0.25) is 19.7 Å². The maximum absolute atomic E-state index is 15.7. The Morgan fingerprint density at radius 1 is 1.17 bits per heavy atom. The van der Waals surface area contributed by atoms with Crippen molar-refractivity contribution in [3.05, 3.63) is 93.5 Å². The number of benzene rings is 3. The summed E-state index contributed by atoms with van der Waals surface area (Å²) >= 11 is 0. The lowest BCUT2D eigenvalue weighted by Gasteiger charge is -2.31. The van der Waals surface area contributed by atoms with Crippen molar-refractivity contribution in [1.82, 2.24) is 0 Å². The average molecular weight is 593 g/mol. The molecule has 0 aliphatic carbocycles. The summed E-state index contributed by atoms with van der Waals surface area (Å²) in [5, 5.41) is 24.2. The topological polar surface area (TPSA) is 148 Å². The number of nitro benzene ring substituents is 1. The van der Waals surface area contributed by atoms with E-state index in [-0.39, 0.29) is 31.2 Å². The number of aliphatic hydroxyl groups excluding tert-OH is 1. The Kier molecular flexibility index (Phi) is 7.64. The highest BCUT2D eigenvalue weighted by molar-refractivity contribution is 6.72. The number of carbonyl (C=O) groups excluding carboxylic acids is 2. The van der Waals surface area contributed by atoms with Gasteiger partial charge in [-0.05, 0) is 67.5 Å². The number of hydrogen-bond donors (Lipinski definition) is 3. The van der Waals surface area contributed by atoms with Gasteiger partial charge in [0, 0.05) is 52.7 Å². The molecule has 0 bridgehead atoms. The van der Waals surface area contributed by atoms with E-state index < -0.39 is 42.4 Å². The number of nitrogen functional groups attached to an aromatic ring is 1. The smallest absolute Gasteiger partial charge is 0.269 e. The molecule has 2 amide bonds. The quantitative estimate of drug-likeness (QED) is 0.108. The van der Waals surface area contributed by atoms with Crippen LogP contribution in [-0.4, -0.2) is 43.0 Å². The second-order valence-corrected chi connectivity index (χ2v) is 15.2. The largest absolute Gasteiger partial charge is 0.399 e. The van der Waals surface area contributed by atoms with Crippen molar-refractivity contribution in [2.45, 2.75) is 50.2 Å². The van der Waals surface area contributed by atoms with E-state index in [0.717, 1.165) is 5.56 Å². The Balaban J connectivity index is 1.46. The van der Waals surface area contributed by atoms with Crippen molar-refractivity contribution >= 4 is 43.0 Å². The Morgan fingerprint density at radius 3 is 2.43 bits per heavy atom. The van der Waals surface area contributed by atoms with Crippen LogP contribution in [0.1, 0.15) is 34.8 Å². The van der Waals surface area contributed by atoms with Crippen molar-refractivity contribution in [2.75, 3.05) is 22.6 Å². The van der Waals surface area contributed by atoms with Gasteiger partial charge in [0.2, 0.25) is 8.41 Å². The van der Waals surface area contributed by atoms with Crippen LogP contribution in [0.25, 0.3) is 0 Å². The molecular weight excluding hydrogens is 559 g/mol. The monoisotopic (exact) mass is 592 g/mol. The summed E-state index contributed by atoms with van der Waals surface area (Å²) in [5.41, 5.74) is 6.37. The molecule has 2 aliphatic rings. The van der Waals surface area contributed by atoms with Crippen molar-refractivity contribution in [3.8, 4) is 0 Å². The van der Waals surface area contributed by atoms with E-state index in [1.807, 2.05) is 0 Å². The highest BCUT2D eigenvalue weighted by atomic mass is 28.4. The fourth-order valence-electron chi connectivity index (χ4n) is 6.42. The molecule has 0 unspecified atom stereocenters. The summed E-state index contributed by atoms with van der Waals surface area (Å²) in [5.74, 6) is -1.34. The lowest BCUT2D eigenvalue weighted by atomic mass is 9.82. The number of nitrogens with one attached hydrogen (secondary N) is 1. The van der Waals surface area contributed by atoms with E-state index in [4.69, 9.17) is 10.5 Å². The van der Waals surface area contributed by atoms with Gasteiger partial charge in [0.25, 0.3) is 17.5 Å². The van der Waals surface area contributed by atoms with Crippen molar-refractivity contribution in [3.63, 3.8) is 0 Å². The lowest BCUT2D eigenvalue weighted by Crippen LogP contribution is -2.45. The van der Waals surface area contributed by atoms with E-state index in [1.165, 1.54) is 23.1 Å². The lowest BCUT2D eigenvalue weighted by molar-refractivity contribution is -0.385. The van der Waals surface area contributed by atoms with Gasteiger partial charge >= 0.3 is 0 Å². The zero-order chi connectivity index (χ0) is 30.4. The first-order valence-electron chi connectivity index (χ1n) is 13.7. The first-order valence-corrected chi connectivity index (χ1v) is 16.7. The summed E-state index contributed by atoms with van der Waals surface area (Å²) in [6.07, 6.45) is -0.560. The minimum absolute atomic E-state index is 0.124. The molecule has 1 spiro atoms. The number of rotatable bonds is 8. The molecule has 1 saturated heterocycles. The van der Waals surface area contributed by atoms with E-state index >= 15 is 4.11 Å². The molecule has 0 saturated carbocycles. The molecule has 42 heavy (non-hydrogen) atoms. The number of amides is 2. The zero-order valence-electron chi connectivity index (χ0n) is 23.5. The molecule has 2 aliphatic heterocycles. The van der Waals surface area contributed by atoms with Gasteiger partial charge in [-0.15, -0.1) is 0 Å². The number of fused-ring (bicyclic) bond motifs is 2. The van der Waals surface area contributed by atoms with Crippen LogP contribution in [0.4, 0.5) is 26.9 Å². The summed E-state index contributed by atoms with van der Waals surface area (Å²) in [6.45, 7) is 4.76. The Morgan fingerprint density at radius 2 is 1.83 bits per heavy atom. The SMILES string of the molecule is C[C@H]1[C@H]([Si](C)(C)F)[C@@H](CCO)O[C@]12C(=O)N(Cc1ccc(NC(=O)c3ccc(N)cc3)cc1)c1ccc([N+](=O)[O-])cc12. The summed E-state index contributed by atoms with van der Waals surface area (Å²) in [7, 11) is -3.39. The first kappa shape index (κ1) is 29.4. The molecule has 12 heteroatoms. The first-order chi connectivity index (χ1) is 19.9. The molecule has 0 aromatic heterocycles. The van der Waals surface area contributed by atoms with Gasteiger partial charge in [0.15, 0.2) is 5.60 Å². The number of nitro groups is 1. The third kappa shape index (κ3) is 5.06. The fourth-order valence-corrected chi connectivity index (χ4v) is 8.96. The van der Waals surface area contributed by atoms with Crippen LogP contribution in [-0.2, 0) is 21.7 Å². The number of hydrogen-bond acceptors (Lipinski definition) is 7. The standard InChI is InChI=1S/C30H33FN4O6Si/c1-18-27(42(2,3)31)26(14-15-36)41-30(18)24-16-23(35(39)40)12-13-25(24)34(29(30)38)17-19-4-10-22(11-5-19)33-28(37)20-6-8-21(32)9-7-20/h4-13,16,18,26-27,36H,14-15,17,32H2,1-3H3,(H,33,37)/t18-,26+,27-,30+/m0/s1. The summed E-state index contributed by atoms with van der Waals surface area (Å²) in [6, 6.07) is 17.8. The van der Waals surface area contributed by atoms with Crippen molar-refractivity contribution < 1.29 is 28.5 Å². The molecule has 1 fully saturated rings. The van der Waals surface area contributed by atoms with Gasteiger partial charge in [0.1, 0.15) is 0 Å². The number of halogens is 1. The van der Waals surface area contributed by atoms with Gasteiger partial charge in [-0.1, -0.05) is 19.1 Å². The zero-order valence-corrected chi connectivity index (χ0v) is 24.5. The number of aliphatic hydroxyl groups is 1. The average Bonchev–Trinajstić information content (AvgIpc) is 3.36. The van der Waals surface area contributed by atoms with Gasteiger partial charge in [-0.2, -0.15) is 0 Å². The third-order valence-corrected chi connectivity index (χ3v) is 10.8. The molecule has 2 heterocycles. The maximum atomic E-state index is 15.7. The van der Waals surface area contributed by atoms with Crippen LogP contribution in [0.15, 0.2) is 66.7 Å². The highest BCUT2D eigenvalue weighted by Crippen LogP contribution is 2.60. The van der Waals surface area contributed by atoms with Crippen molar-refractivity contribution in [1.29, 1.82) is 0 Å². The fraction of sp³-hybridized carbons (Fsp3) is 0.333. The molecule has 10 nitrogen and oxygen atoms in total. The van der Waals surface area contributed by atoms with Crippen LogP contribution in [0.2, 0.25) is 18.6 Å². The molecule has 5 rings (SSSR count). The number of carbonyl (C=O) groups is 2. The maximum Gasteiger partial charge on any atom is 0.269 e. The van der Waals surface area contributed by atoms with E-state index in [1.54, 1.807) is 68.5 Å². The third-order valence-electron chi connectivity index (χ3n) is 8.29. The summed E-state index contributed by atoms with van der Waals surface area (Å²) in [4.78, 5) is 39.5. The summed E-state index contributed by atoms with van der Waals surface area (Å²) < 4.78 is 22.1. The van der Waals surface area contributed by atoms with E-state index in [9.17, 15) is 24.8 Å². The molecule has 0 radical (unpaired) electrons. The van der Waals surface area contributed by atoms with Crippen LogP contribution in [0.3, 0.4) is 0 Å². The predicted octanol–water partition coefficient (Wildman–Crippen LogP) is 5.13. The molecule has 4 atom stereocenters. The number of non-ortho nitro benzene ring substituents is 1. The molecular formula is C30H33FN4O6Si. The number of nitrogens with two attached hydrogens (primary N) is 1.